The van der Waals surface area contributed by atoms with Gasteiger partial charge in [-0.25, -0.2) is 0 Å². The van der Waals surface area contributed by atoms with Crippen LogP contribution in [-0.2, 0) is 6.18 Å². The molecule has 0 aromatic heterocycles. The van der Waals surface area contributed by atoms with Crippen LogP contribution in [0.3, 0.4) is 0 Å². The zero-order valence-electron chi connectivity index (χ0n) is 11.8. The number of nitrogens with one attached hydrogen (secondary N) is 2. The van der Waals surface area contributed by atoms with Crippen molar-refractivity contribution in [2.75, 3.05) is 12.4 Å². The van der Waals surface area contributed by atoms with E-state index in [-0.39, 0.29) is 17.3 Å². The molecule has 1 aromatic carbocycles. The summed E-state index contributed by atoms with van der Waals surface area (Å²) in [6.45, 7) is 3.81. The number of anilines is 1. The lowest BCUT2D eigenvalue weighted by molar-refractivity contribution is -0.136. The Morgan fingerprint density at radius 3 is 2.50 bits per heavy atom. The predicted octanol–water partition coefficient (Wildman–Crippen LogP) is 3.67. The molecular weight excluding hydrogens is 269 g/mol. The minimum atomic E-state index is -4.50. The third kappa shape index (κ3) is 3.88. The molecule has 6 heteroatoms. The van der Waals surface area contributed by atoms with Crippen LogP contribution in [0.2, 0.25) is 0 Å². The van der Waals surface area contributed by atoms with Crippen LogP contribution in [0.25, 0.3) is 0 Å². The van der Waals surface area contributed by atoms with Crippen molar-refractivity contribution in [1.82, 2.24) is 5.32 Å². The summed E-state index contributed by atoms with van der Waals surface area (Å²) in [7, 11) is 1.37. The first-order valence-electron chi connectivity index (χ1n) is 6.50. The number of amides is 1. The van der Waals surface area contributed by atoms with E-state index in [0.717, 1.165) is 18.9 Å². The third-order valence-electron chi connectivity index (χ3n) is 2.96. The molecule has 0 bridgehead atoms. The van der Waals surface area contributed by atoms with Gasteiger partial charge in [-0.2, -0.15) is 13.2 Å². The van der Waals surface area contributed by atoms with Crippen LogP contribution in [-0.4, -0.2) is 19.0 Å². The minimum Gasteiger partial charge on any atom is -0.387 e. The fraction of sp³-hybridized carbons (Fsp3) is 0.500. The van der Waals surface area contributed by atoms with E-state index in [9.17, 15) is 18.0 Å². The average Bonchev–Trinajstić information content (AvgIpc) is 2.36. The summed E-state index contributed by atoms with van der Waals surface area (Å²) >= 11 is 0. The Morgan fingerprint density at radius 1 is 1.35 bits per heavy atom. The summed E-state index contributed by atoms with van der Waals surface area (Å²) in [5, 5.41) is 5.18. The van der Waals surface area contributed by atoms with Crippen LogP contribution < -0.4 is 10.6 Å². The number of benzene rings is 1. The number of rotatable bonds is 5. The van der Waals surface area contributed by atoms with Crippen LogP contribution in [0.1, 0.15) is 42.6 Å². The molecule has 1 amide bonds. The lowest BCUT2D eigenvalue weighted by Crippen LogP contribution is -2.33. The van der Waals surface area contributed by atoms with Crippen molar-refractivity contribution in [3.05, 3.63) is 29.3 Å². The molecule has 112 valence electrons. The second-order valence-corrected chi connectivity index (χ2v) is 4.64. The van der Waals surface area contributed by atoms with E-state index in [1.54, 1.807) is 0 Å². The lowest BCUT2D eigenvalue weighted by Gasteiger charge is -2.18. The highest BCUT2D eigenvalue weighted by atomic mass is 19.4. The van der Waals surface area contributed by atoms with E-state index in [2.05, 4.69) is 10.6 Å². The monoisotopic (exact) mass is 288 g/mol. The molecule has 0 heterocycles. The van der Waals surface area contributed by atoms with Crippen LogP contribution in [0, 0.1) is 0 Å². The zero-order valence-corrected chi connectivity index (χ0v) is 11.8. The van der Waals surface area contributed by atoms with E-state index in [1.165, 1.54) is 19.2 Å². The molecule has 1 atom stereocenters. The average molecular weight is 288 g/mol. The first kappa shape index (κ1) is 16.3. The second-order valence-electron chi connectivity index (χ2n) is 4.64. The molecule has 0 aliphatic rings. The van der Waals surface area contributed by atoms with Gasteiger partial charge in [0.25, 0.3) is 5.91 Å². The maximum atomic E-state index is 12.9. The number of para-hydroxylation sites is 1. The Morgan fingerprint density at radius 2 is 2.00 bits per heavy atom. The van der Waals surface area contributed by atoms with Crippen LogP contribution >= 0.6 is 0 Å². The number of hydrogen-bond donors (Lipinski definition) is 2. The van der Waals surface area contributed by atoms with Gasteiger partial charge in [-0.05, 0) is 25.5 Å². The molecule has 0 saturated carbocycles. The van der Waals surface area contributed by atoms with Crippen molar-refractivity contribution in [3.8, 4) is 0 Å². The van der Waals surface area contributed by atoms with Gasteiger partial charge in [0.15, 0.2) is 0 Å². The number of halogens is 3. The van der Waals surface area contributed by atoms with Gasteiger partial charge in [-0.15, -0.1) is 0 Å². The molecule has 0 spiro atoms. The maximum Gasteiger partial charge on any atom is 0.418 e. The summed E-state index contributed by atoms with van der Waals surface area (Å²) in [6, 6.07) is 3.50. The topological polar surface area (TPSA) is 41.1 Å². The zero-order chi connectivity index (χ0) is 15.3. The standard InChI is InChI=1S/C14H19F3N2O/c1-4-6-9(2)19-13(20)10-7-5-8-11(12(10)18-3)14(15,16)17/h5,7-9,18H,4,6H2,1-3H3,(H,19,20). The van der Waals surface area contributed by atoms with Gasteiger partial charge in [0, 0.05) is 13.1 Å². The predicted molar refractivity (Wildman–Crippen MR) is 72.8 cm³/mol. The quantitative estimate of drug-likeness (QED) is 0.868. The summed E-state index contributed by atoms with van der Waals surface area (Å²) in [6.07, 6.45) is -2.83. The molecule has 0 radical (unpaired) electrons. The van der Waals surface area contributed by atoms with Crippen molar-refractivity contribution in [2.24, 2.45) is 0 Å². The van der Waals surface area contributed by atoms with Crippen molar-refractivity contribution >= 4 is 11.6 Å². The second kappa shape index (κ2) is 6.63. The van der Waals surface area contributed by atoms with Gasteiger partial charge in [-0.3, -0.25) is 4.79 Å². The van der Waals surface area contributed by atoms with Crippen LogP contribution in [0.15, 0.2) is 18.2 Å². The van der Waals surface area contributed by atoms with Crippen molar-refractivity contribution in [2.45, 2.75) is 38.9 Å². The van der Waals surface area contributed by atoms with Crippen molar-refractivity contribution in [3.63, 3.8) is 0 Å². The number of hydrogen-bond acceptors (Lipinski definition) is 2. The normalized spacial score (nSPS) is 12.9. The fourth-order valence-corrected chi connectivity index (χ4v) is 2.05. The maximum absolute atomic E-state index is 12.9. The molecule has 20 heavy (non-hydrogen) atoms. The Balaban J connectivity index is 3.09. The van der Waals surface area contributed by atoms with Crippen molar-refractivity contribution < 1.29 is 18.0 Å². The largest absolute Gasteiger partial charge is 0.418 e. The van der Waals surface area contributed by atoms with Gasteiger partial charge in [0.1, 0.15) is 0 Å². The molecule has 0 saturated heterocycles. The molecule has 1 unspecified atom stereocenters. The summed E-state index contributed by atoms with van der Waals surface area (Å²) < 4.78 is 38.7. The Kier molecular flexibility index (Phi) is 5.42. The Hall–Kier alpha value is -1.72. The van der Waals surface area contributed by atoms with E-state index < -0.39 is 17.6 Å². The summed E-state index contributed by atoms with van der Waals surface area (Å²) in [4.78, 5) is 12.1. The number of carbonyl (C=O) groups is 1. The Bertz CT molecular complexity index is 472. The highest BCUT2D eigenvalue weighted by Crippen LogP contribution is 2.36. The number of carbonyl (C=O) groups excluding carboxylic acids is 1. The molecular formula is C14H19F3N2O. The first-order chi connectivity index (χ1) is 9.31. The SMILES string of the molecule is CCCC(C)NC(=O)c1cccc(C(F)(F)F)c1NC. The van der Waals surface area contributed by atoms with Crippen LogP contribution in [0.5, 0.6) is 0 Å². The molecule has 0 fully saturated rings. The van der Waals surface area contributed by atoms with E-state index in [4.69, 9.17) is 0 Å². The molecule has 2 N–H and O–H groups in total. The molecule has 1 rings (SSSR count). The molecule has 0 aliphatic heterocycles. The van der Waals surface area contributed by atoms with Gasteiger partial charge in [0.05, 0.1) is 16.8 Å². The Labute approximate surface area is 116 Å². The fourth-order valence-electron chi connectivity index (χ4n) is 2.05. The van der Waals surface area contributed by atoms with Gasteiger partial charge in [-0.1, -0.05) is 19.4 Å². The molecule has 3 nitrogen and oxygen atoms in total. The summed E-state index contributed by atoms with van der Waals surface area (Å²) in [5.74, 6) is -0.499. The first-order valence-corrected chi connectivity index (χ1v) is 6.50. The van der Waals surface area contributed by atoms with E-state index in [1.807, 2.05) is 13.8 Å². The third-order valence-corrected chi connectivity index (χ3v) is 2.96. The highest BCUT2D eigenvalue weighted by molar-refractivity contribution is 6.00. The van der Waals surface area contributed by atoms with E-state index in [0.29, 0.717) is 0 Å². The van der Waals surface area contributed by atoms with E-state index >= 15 is 0 Å². The number of alkyl halides is 3. The minimum absolute atomic E-state index is 0.00489. The lowest BCUT2D eigenvalue weighted by atomic mass is 10.0. The highest BCUT2D eigenvalue weighted by Gasteiger charge is 2.35. The van der Waals surface area contributed by atoms with Gasteiger partial charge >= 0.3 is 6.18 Å². The smallest absolute Gasteiger partial charge is 0.387 e. The van der Waals surface area contributed by atoms with Crippen LogP contribution in [0.4, 0.5) is 18.9 Å². The van der Waals surface area contributed by atoms with Gasteiger partial charge < -0.3 is 10.6 Å². The van der Waals surface area contributed by atoms with Crippen molar-refractivity contribution in [1.29, 1.82) is 0 Å². The van der Waals surface area contributed by atoms with Gasteiger partial charge in [0.2, 0.25) is 0 Å². The molecule has 0 aliphatic carbocycles. The molecule has 1 aromatic rings. The summed E-state index contributed by atoms with van der Waals surface area (Å²) in [5.41, 5.74) is -1.03.